The van der Waals surface area contributed by atoms with Crippen molar-refractivity contribution in [3.63, 3.8) is 0 Å². The lowest BCUT2D eigenvalue weighted by molar-refractivity contribution is -0.115. The number of aromatic nitrogens is 3. The third kappa shape index (κ3) is 4.14. The summed E-state index contributed by atoms with van der Waals surface area (Å²) < 4.78 is 21.0. The first-order valence-corrected chi connectivity index (χ1v) is 10.6. The molecule has 178 valence electrons. The minimum absolute atomic E-state index is 0.145. The number of anilines is 2. The summed E-state index contributed by atoms with van der Waals surface area (Å²) in [6.07, 6.45) is -0.0398. The summed E-state index contributed by atoms with van der Waals surface area (Å²) in [6.45, 7) is 1.85. The van der Waals surface area contributed by atoms with Crippen LogP contribution in [0.2, 0.25) is 0 Å². The van der Waals surface area contributed by atoms with Crippen molar-refractivity contribution in [3.05, 3.63) is 90.1 Å². The van der Waals surface area contributed by atoms with Crippen molar-refractivity contribution in [3.8, 4) is 11.6 Å². The molecule has 0 saturated carbocycles. The van der Waals surface area contributed by atoms with Crippen LogP contribution in [0.3, 0.4) is 0 Å². The van der Waals surface area contributed by atoms with Crippen LogP contribution >= 0.6 is 0 Å². The highest BCUT2D eigenvalue weighted by Crippen LogP contribution is 2.33. The van der Waals surface area contributed by atoms with E-state index in [1.165, 1.54) is 35.4 Å². The van der Waals surface area contributed by atoms with Crippen molar-refractivity contribution < 1.29 is 24.1 Å². The highest BCUT2D eigenvalue weighted by molar-refractivity contribution is 5.94. The molecule has 0 fully saturated rings. The third-order valence-corrected chi connectivity index (χ3v) is 5.54. The number of carbonyl (C=O) groups is 1. The highest BCUT2D eigenvalue weighted by atomic mass is 19.1. The zero-order chi connectivity index (χ0) is 24.7. The van der Waals surface area contributed by atoms with Crippen LogP contribution in [0.15, 0.2) is 78.6 Å². The van der Waals surface area contributed by atoms with Crippen molar-refractivity contribution >= 4 is 22.9 Å². The first-order valence-electron chi connectivity index (χ1n) is 10.6. The van der Waals surface area contributed by atoms with E-state index in [1.807, 2.05) is 6.92 Å². The number of aryl methyl sites for hydroxylation is 1. The van der Waals surface area contributed by atoms with Crippen LogP contribution in [0.5, 0.6) is 11.6 Å². The summed E-state index contributed by atoms with van der Waals surface area (Å²) in [5.74, 6) is -0.371. The molecule has 0 radical (unpaired) electrons. The van der Waals surface area contributed by atoms with E-state index in [9.17, 15) is 19.4 Å². The molecular formula is C24H21FN6O4. The first kappa shape index (κ1) is 22.3. The third-order valence-electron chi connectivity index (χ3n) is 5.54. The van der Waals surface area contributed by atoms with Gasteiger partial charge in [-0.05, 0) is 55.5 Å². The Morgan fingerprint density at radius 3 is 2.43 bits per heavy atom. The lowest BCUT2D eigenvalue weighted by atomic mass is 10.1. The molecule has 3 heterocycles. The van der Waals surface area contributed by atoms with Crippen LogP contribution in [0, 0.1) is 12.7 Å². The normalized spacial score (nSPS) is 18.0. The molecule has 2 aromatic carbocycles. The quantitative estimate of drug-likeness (QED) is 0.400. The van der Waals surface area contributed by atoms with Crippen molar-refractivity contribution in [2.45, 2.75) is 19.5 Å². The lowest BCUT2D eigenvalue weighted by Crippen LogP contribution is -2.57. The summed E-state index contributed by atoms with van der Waals surface area (Å²) in [7, 11) is 0. The Hall–Kier alpha value is -4.48. The Morgan fingerprint density at radius 2 is 1.74 bits per heavy atom. The Bertz CT molecular complexity index is 1420. The minimum Gasteiger partial charge on any atom is -0.439 e. The van der Waals surface area contributed by atoms with Gasteiger partial charge < -0.3 is 25.6 Å². The molecule has 2 aromatic heterocycles. The lowest BCUT2D eigenvalue weighted by Gasteiger charge is -2.43. The number of hydrogen-bond acceptors (Lipinski definition) is 8. The number of fused-ring (bicyclic) bond motifs is 1. The fourth-order valence-corrected chi connectivity index (χ4v) is 3.86. The van der Waals surface area contributed by atoms with E-state index < -0.39 is 24.3 Å². The van der Waals surface area contributed by atoms with Crippen LogP contribution < -0.4 is 20.3 Å². The maximum atomic E-state index is 13.4. The van der Waals surface area contributed by atoms with Crippen molar-refractivity contribution in [1.29, 1.82) is 0 Å². The summed E-state index contributed by atoms with van der Waals surface area (Å²) >= 11 is 0. The molecule has 0 aliphatic carbocycles. The van der Waals surface area contributed by atoms with Gasteiger partial charge in [0.1, 0.15) is 11.6 Å². The average molecular weight is 476 g/mol. The maximum Gasteiger partial charge on any atom is 0.250 e. The number of rotatable bonds is 5. The molecule has 35 heavy (non-hydrogen) atoms. The van der Waals surface area contributed by atoms with E-state index >= 15 is 0 Å². The average Bonchev–Trinajstić information content (AvgIpc) is 3.30. The number of aliphatic hydroxyl groups is 2. The van der Waals surface area contributed by atoms with Crippen molar-refractivity contribution in [2.75, 3.05) is 9.80 Å². The second-order valence-electron chi connectivity index (χ2n) is 7.89. The second-order valence-corrected chi connectivity index (χ2v) is 7.89. The molecule has 4 aromatic rings. The van der Waals surface area contributed by atoms with Crippen molar-refractivity contribution in [1.82, 2.24) is 14.6 Å². The maximum absolute atomic E-state index is 13.4. The number of amides is 1. The molecule has 1 aliphatic rings. The van der Waals surface area contributed by atoms with Gasteiger partial charge in [-0.2, -0.15) is 9.61 Å². The second kappa shape index (κ2) is 8.70. The molecule has 0 saturated heterocycles. The molecule has 1 aliphatic heterocycles. The Kier molecular flexibility index (Phi) is 5.55. The van der Waals surface area contributed by atoms with E-state index in [0.29, 0.717) is 28.7 Å². The molecule has 4 N–H and O–H groups in total. The van der Waals surface area contributed by atoms with Gasteiger partial charge in [-0.25, -0.2) is 9.37 Å². The predicted molar refractivity (Wildman–Crippen MR) is 125 cm³/mol. The predicted octanol–water partition coefficient (Wildman–Crippen LogP) is 2.26. The SMILES string of the molecule is Cc1cc(Oc2ccc(N3C=C(C(N)=O)C(O)N(c4ccc(F)cc4)C3O)cc2)n2nccc2n1. The van der Waals surface area contributed by atoms with Gasteiger partial charge in [-0.1, -0.05) is 0 Å². The van der Waals surface area contributed by atoms with Gasteiger partial charge in [0.05, 0.1) is 11.8 Å². The van der Waals surface area contributed by atoms with Crippen LogP contribution in [0.1, 0.15) is 5.69 Å². The van der Waals surface area contributed by atoms with Crippen LogP contribution in [-0.4, -0.2) is 43.3 Å². The van der Waals surface area contributed by atoms with E-state index in [0.717, 1.165) is 10.6 Å². The molecule has 10 nitrogen and oxygen atoms in total. The fourth-order valence-electron chi connectivity index (χ4n) is 3.86. The monoisotopic (exact) mass is 476 g/mol. The van der Waals surface area contributed by atoms with E-state index in [2.05, 4.69) is 10.1 Å². The first-order chi connectivity index (χ1) is 16.8. The Labute approximate surface area is 198 Å². The van der Waals surface area contributed by atoms with Gasteiger partial charge in [0.15, 0.2) is 11.9 Å². The number of ether oxygens (including phenoxy) is 1. The number of primary amides is 1. The van der Waals surface area contributed by atoms with Gasteiger partial charge in [0.25, 0.3) is 5.91 Å². The number of nitrogens with two attached hydrogens (primary N) is 1. The number of benzene rings is 2. The number of carbonyl (C=O) groups excluding carboxylic acids is 1. The summed E-state index contributed by atoms with van der Waals surface area (Å²) in [5, 5.41) is 26.0. The fraction of sp³-hybridized carbons (Fsp3) is 0.125. The minimum atomic E-state index is -1.53. The molecule has 0 bridgehead atoms. The topological polar surface area (TPSA) is 129 Å². The number of nitrogens with zero attached hydrogens (tertiary/aromatic N) is 5. The molecular weight excluding hydrogens is 455 g/mol. The van der Waals surface area contributed by atoms with Gasteiger partial charge in [0, 0.05) is 35.4 Å². The van der Waals surface area contributed by atoms with E-state index in [1.54, 1.807) is 47.1 Å². The number of hydrogen-bond donors (Lipinski definition) is 3. The van der Waals surface area contributed by atoms with Gasteiger partial charge in [0.2, 0.25) is 12.2 Å². The molecule has 2 unspecified atom stereocenters. The molecule has 5 rings (SSSR count). The Balaban J connectivity index is 1.46. The van der Waals surface area contributed by atoms with Crippen LogP contribution in [-0.2, 0) is 4.79 Å². The standard InChI is InChI=1S/C24H21FN6O4/c1-14-12-21(31-20(28-14)10-11-27-31)35-18-8-6-16(7-9-18)29-13-19(22(26)32)23(33)30(24(29)34)17-4-2-15(25)3-5-17/h2-13,23-24,33-34H,1H3,(H2,26,32). The molecule has 1 amide bonds. The molecule has 0 spiro atoms. The number of aliphatic hydroxyl groups excluding tert-OH is 2. The van der Waals surface area contributed by atoms with Gasteiger partial charge in [-0.15, -0.1) is 0 Å². The van der Waals surface area contributed by atoms with Gasteiger partial charge >= 0.3 is 0 Å². The molecule has 2 atom stereocenters. The summed E-state index contributed by atoms with van der Waals surface area (Å²) in [4.78, 5) is 18.9. The van der Waals surface area contributed by atoms with Crippen LogP contribution in [0.25, 0.3) is 5.65 Å². The summed E-state index contributed by atoms with van der Waals surface area (Å²) in [6, 6.07) is 15.4. The molecule has 11 heteroatoms. The van der Waals surface area contributed by atoms with E-state index in [-0.39, 0.29) is 5.57 Å². The zero-order valence-electron chi connectivity index (χ0n) is 18.5. The van der Waals surface area contributed by atoms with Crippen LogP contribution in [0.4, 0.5) is 15.8 Å². The van der Waals surface area contributed by atoms with E-state index in [4.69, 9.17) is 10.5 Å². The van der Waals surface area contributed by atoms with Gasteiger partial charge in [-0.3, -0.25) is 9.69 Å². The Morgan fingerprint density at radius 1 is 1.06 bits per heavy atom. The number of halogens is 1. The largest absolute Gasteiger partial charge is 0.439 e. The highest BCUT2D eigenvalue weighted by Gasteiger charge is 2.37. The van der Waals surface area contributed by atoms with Crippen molar-refractivity contribution in [2.24, 2.45) is 5.73 Å². The summed E-state index contributed by atoms with van der Waals surface area (Å²) in [5.41, 5.74) is 7.52. The smallest absolute Gasteiger partial charge is 0.250 e. The zero-order valence-corrected chi connectivity index (χ0v) is 18.5.